The molecular weight excluding hydrogens is 411 g/mol. The highest BCUT2D eigenvalue weighted by molar-refractivity contribution is 9.10. The molecule has 1 atom stereocenters. The van der Waals surface area contributed by atoms with Crippen molar-refractivity contribution in [1.29, 1.82) is 0 Å². The van der Waals surface area contributed by atoms with E-state index in [2.05, 4.69) is 72.5 Å². The maximum Gasteiger partial charge on any atom is 0.0664 e. The van der Waals surface area contributed by atoms with Crippen molar-refractivity contribution in [2.75, 3.05) is 0 Å². The van der Waals surface area contributed by atoms with E-state index in [1.54, 1.807) is 0 Å². The summed E-state index contributed by atoms with van der Waals surface area (Å²) in [5.74, 6) is 0. The summed E-state index contributed by atoms with van der Waals surface area (Å²) in [6, 6.07) is 6.07. The standard InChI is InChI=1S/C18H19Br2Cl/c1-9-10(2)12(4)16(13(5)11(9)3)17(20)14-7-6-8-15(19)18(14)21/h6-8,17H,1-5H3. The van der Waals surface area contributed by atoms with Gasteiger partial charge in [0.2, 0.25) is 0 Å². The molecule has 0 aromatic heterocycles. The van der Waals surface area contributed by atoms with Crippen LogP contribution in [0.2, 0.25) is 5.02 Å². The van der Waals surface area contributed by atoms with E-state index in [-0.39, 0.29) is 4.83 Å². The molecule has 0 saturated carbocycles. The Kier molecular flexibility index (Phi) is 5.23. The lowest BCUT2D eigenvalue weighted by molar-refractivity contribution is 1.05. The zero-order valence-corrected chi connectivity index (χ0v) is 16.9. The fourth-order valence-corrected chi connectivity index (χ4v) is 4.60. The van der Waals surface area contributed by atoms with Crippen LogP contribution in [0.15, 0.2) is 22.7 Å². The monoisotopic (exact) mass is 428 g/mol. The van der Waals surface area contributed by atoms with Gasteiger partial charge in [-0.15, -0.1) is 0 Å². The van der Waals surface area contributed by atoms with Crippen LogP contribution in [0.4, 0.5) is 0 Å². The van der Waals surface area contributed by atoms with Crippen molar-refractivity contribution in [3.8, 4) is 0 Å². The Bertz CT molecular complexity index is 676. The molecule has 0 radical (unpaired) electrons. The van der Waals surface area contributed by atoms with Crippen LogP contribution in [-0.2, 0) is 0 Å². The summed E-state index contributed by atoms with van der Waals surface area (Å²) >= 11 is 13.9. The second kappa shape index (κ2) is 6.44. The van der Waals surface area contributed by atoms with Gasteiger partial charge < -0.3 is 0 Å². The molecule has 0 bridgehead atoms. The fraction of sp³-hybridized carbons (Fsp3) is 0.333. The van der Waals surface area contributed by atoms with Crippen LogP contribution in [0, 0.1) is 34.6 Å². The van der Waals surface area contributed by atoms with Crippen molar-refractivity contribution in [2.24, 2.45) is 0 Å². The molecule has 0 amide bonds. The van der Waals surface area contributed by atoms with E-state index in [9.17, 15) is 0 Å². The molecule has 0 aliphatic rings. The molecule has 0 saturated heterocycles. The van der Waals surface area contributed by atoms with Gasteiger partial charge in [-0.2, -0.15) is 0 Å². The van der Waals surface area contributed by atoms with Crippen LogP contribution in [0.25, 0.3) is 0 Å². The Hall–Kier alpha value is -0.310. The minimum atomic E-state index is 0.0977. The Morgan fingerprint density at radius 2 is 1.33 bits per heavy atom. The molecule has 3 heteroatoms. The Balaban J connectivity index is 2.70. The molecule has 0 heterocycles. The molecule has 0 aliphatic heterocycles. The summed E-state index contributed by atoms with van der Waals surface area (Å²) in [5.41, 5.74) is 9.22. The summed E-state index contributed by atoms with van der Waals surface area (Å²) < 4.78 is 0.932. The minimum absolute atomic E-state index is 0.0977. The number of alkyl halides is 1. The predicted octanol–water partition coefficient (Wildman–Crippen LogP) is 7.13. The average Bonchev–Trinajstić information content (AvgIpc) is 2.46. The molecule has 0 fully saturated rings. The highest BCUT2D eigenvalue weighted by atomic mass is 79.9. The van der Waals surface area contributed by atoms with Crippen LogP contribution >= 0.6 is 43.5 Å². The number of benzene rings is 2. The highest BCUT2D eigenvalue weighted by Gasteiger charge is 2.22. The number of hydrogen-bond acceptors (Lipinski definition) is 0. The highest BCUT2D eigenvalue weighted by Crippen LogP contribution is 2.42. The number of hydrogen-bond donors (Lipinski definition) is 0. The zero-order chi connectivity index (χ0) is 15.9. The molecule has 0 nitrogen and oxygen atoms in total. The maximum atomic E-state index is 6.48. The summed E-state index contributed by atoms with van der Waals surface area (Å²) in [6.07, 6.45) is 0. The van der Waals surface area contributed by atoms with Crippen molar-refractivity contribution in [2.45, 2.75) is 39.4 Å². The van der Waals surface area contributed by atoms with Crippen molar-refractivity contribution in [1.82, 2.24) is 0 Å². The van der Waals surface area contributed by atoms with Crippen LogP contribution < -0.4 is 0 Å². The maximum absolute atomic E-state index is 6.48. The first-order valence-corrected chi connectivity index (χ1v) is 9.00. The third kappa shape index (κ3) is 2.95. The smallest absolute Gasteiger partial charge is 0.0664 e. The van der Waals surface area contributed by atoms with Crippen LogP contribution in [0.1, 0.15) is 43.8 Å². The first-order valence-electron chi connectivity index (χ1n) is 6.92. The van der Waals surface area contributed by atoms with Gasteiger partial charge in [0.25, 0.3) is 0 Å². The minimum Gasteiger partial charge on any atom is -0.0827 e. The largest absolute Gasteiger partial charge is 0.0827 e. The quantitative estimate of drug-likeness (QED) is 0.445. The molecule has 21 heavy (non-hydrogen) atoms. The summed E-state index contributed by atoms with van der Waals surface area (Å²) in [7, 11) is 0. The second-order valence-electron chi connectivity index (χ2n) is 5.54. The van der Waals surface area contributed by atoms with Gasteiger partial charge in [-0.25, -0.2) is 0 Å². The van der Waals surface area contributed by atoms with Gasteiger partial charge >= 0.3 is 0 Å². The summed E-state index contributed by atoms with van der Waals surface area (Å²) in [6.45, 7) is 11.0. The molecule has 0 aliphatic carbocycles. The number of halogens is 3. The van der Waals surface area contributed by atoms with Crippen LogP contribution in [0.3, 0.4) is 0 Å². The normalized spacial score (nSPS) is 12.6. The van der Waals surface area contributed by atoms with Crippen LogP contribution in [0.5, 0.6) is 0 Å². The lowest BCUT2D eigenvalue weighted by atomic mass is 9.87. The van der Waals surface area contributed by atoms with E-state index in [1.165, 1.54) is 33.4 Å². The summed E-state index contributed by atoms with van der Waals surface area (Å²) in [4.78, 5) is 0.0977. The average molecular weight is 431 g/mol. The van der Waals surface area contributed by atoms with E-state index >= 15 is 0 Å². The van der Waals surface area contributed by atoms with Crippen molar-refractivity contribution >= 4 is 43.5 Å². The summed E-state index contributed by atoms with van der Waals surface area (Å²) in [5, 5.41) is 0.772. The number of rotatable bonds is 2. The Labute approximate surface area is 149 Å². The predicted molar refractivity (Wildman–Crippen MR) is 100 cm³/mol. The first kappa shape index (κ1) is 17.1. The molecule has 112 valence electrons. The van der Waals surface area contributed by atoms with Crippen molar-refractivity contribution < 1.29 is 0 Å². The third-order valence-corrected chi connectivity index (χ3v) is 6.83. The van der Waals surface area contributed by atoms with Gasteiger partial charge in [-0.3, -0.25) is 0 Å². The SMILES string of the molecule is Cc1c(C)c(C)c(C(Br)c2cccc(Br)c2Cl)c(C)c1C. The van der Waals surface area contributed by atoms with E-state index in [1.807, 2.05) is 12.1 Å². The van der Waals surface area contributed by atoms with Gasteiger partial charge in [-0.1, -0.05) is 39.7 Å². The van der Waals surface area contributed by atoms with E-state index in [0.29, 0.717) is 0 Å². The first-order chi connectivity index (χ1) is 9.77. The zero-order valence-electron chi connectivity index (χ0n) is 12.9. The van der Waals surface area contributed by atoms with Gasteiger partial charge in [0.1, 0.15) is 0 Å². The molecule has 2 aromatic carbocycles. The molecule has 0 N–H and O–H groups in total. The third-order valence-electron chi connectivity index (χ3n) is 4.57. The Morgan fingerprint density at radius 1 is 0.857 bits per heavy atom. The van der Waals surface area contributed by atoms with Crippen molar-refractivity contribution in [3.05, 3.63) is 66.6 Å². The molecule has 1 unspecified atom stereocenters. The van der Waals surface area contributed by atoms with Crippen molar-refractivity contribution in [3.63, 3.8) is 0 Å². The lowest BCUT2D eigenvalue weighted by Gasteiger charge is -2.23. The molecule has 2 aromatic rings. The second-order valence-corrected chi connectivity index (χ2v) is 7.69. The Morgan fingerprint density at radius 3 is 1.86 bits per heavy atom. The van der Waals surface area contributed by atoms with E-state index < -0.39 is 0 Å². The van der Waals surface area contributed by atoms with Gasteiger partial charge in [-0.05, 0) is 95.6 Å². The van der Waals surface area contributed by atoms with Gasteiger partial charge in [0, 0.05) is 4.47 Å². The van der Waals surface area contributed by atoms with Gasteiger partial charge in [0.05, 0.1) is 9.85 Å². The molecule has 0 spiro atoms. The molecule has 2 rings (SSSR count). The van der Waals surface area contributed by atoms with E-state index in [0.717, 1.165) is 15.1 Å². The van der Waals surface area contributed by atoms with Gasteiger partial charge in [0.15, 0.2) is 0 Å². The lowest BCUT2D eigenvalue weighted by Crippen LogP contribution is -2.06. The topological polar surface area (TPSA) is 0 Å². The van der Waals surface area contributed by atoms with E-state index in [4.69, 9.17) is 11.6 Å². The molecular formula is C18H19Br2Cl. The van der Waals surface area contributed by atoms with Crippen LogP contribution in [-0.4, -0.2) is 0 Å². The fourth-order valence-electron chi connectivity index (χ4n) is 2.78.